The van der Waals surface area contributed by atoms with Gasteiger partial charge in [0.1, 0.15) is 11.6 Å². The minimum atomic E-state index is -0.737. The number of benzene rings is 3. The first-order valence-electron chi connectivity index (χ1n) is 9.76. The summed E-state index contributed by atoms with van der Waals surface area (Å²) >= 11 is 0. The Morgan fingerprint density at radius 2 is 1.83 bits per heavy atom. The van der Waals surface area contributed by atoms with Crippen molar-refractivity contribution in [2.45, 2.75) is 32.6 Å². The summed E-state index contributed by atoms with van der Waals surface area (Å²) in [7, 11) is 0. The number of ether oxygens (including phenoxy) is 1. The SMILES string of the molecule is CCCc1ccc2c(c1)CCc1c-2ccc(C(=O)Oc2ccc(C#N)cc2)c1F. The van der Waals surface area contributed by atoms with Crippen molar-refractivity contribution in [1.82, 2.24) is 0 Å². The molecule has 0 aliphatic heterocycles. The van der Waals surface area contributed by atoms with Crippen molar-refractivity contribution >= 4 is 5.97 Å². The van der Waals surface area contributed by atoms with E-state index in [0.29, 0.717) is 17.5 Å². The molecule has 0 saturated heterocycles. The third-order valence-corrected chi connectivity index (χ3v) is 5.30. The van der Waals surface area contributed by atoms with Crippen LogP contribution in [0.4, 0.5) is 4.39 Å². The number of fused-ring (bicyclic) bond motifs is 3. The number of hydrogen-bond donors (Lipinski definition) is 0. The van der Waals surface area contributed by atoms with E-state index in [2.05, 4.69) is 25.1 Å². The van der Waals surface area contributed by atoms with E-state index >= 15 is 4.39 Å². The van der Waals surface area contributed by atoms with Gasteiger partial charge in [0.25, 0.3) is 0 Å². The van der Waals surface area contributed by atoms with Crippen LogP contribution in [0, 0.1) is 17.1 Å². The predicted molar refractivity (Wildman–Crippen MR) is 109 cm³/mol. The van der Waals surface area contributed by atoms with Gasteiger partial charge in [-0.1, -0.05) is 37.6 Å². The third-order valence-electron chi connectivity index (χ3n) is 5.30. The molecule has 0 atom stereocenters. The molecule has 4 heteroatoms. The number of rotatable bonds is 4. The fraction of sp³-hybridized carbons (Fsp3) is 0.200. The summed E-state index contributed by atoms with van der Waals surface area (Å²) in [5.74, 6) is -0.969. The second-order valence-corrected chi connectivity index (χ2v) is 7.22. The maximum Gasteiger partial charge on any atom is 0.346 e. The topological polar surface area (TPSA) is 50.1 Å². The lowest BCUT2D eigenvalue weighted by molar-refractivity contribution is 0.0729. The van der Waals surface area contributed by atoms with E-state index in [0.717, 1.165) is 30.4 Å². The average Bonchev–Trinajstić information content (AvgIpc) is 2.74. The van der Waals surface area contributed by atoms with Crippen molar-refractivity contribution in [1.29, 1.82) is 5.26 Å². The number of carbonyl (C=O) groups excluding carboxylic acids is 1. The van der Waals surface area contributed by atoms with Crippen molar-refractivity contribution < 1.29 is 13.9 Å². The summed E-state index contributed by atoms with van der Waals surface area (Å²) in [6, 6.07) is 17.8. The van der Waals surface area contributed by atoms with E-state index in [-0.39, 0.29) is 11.3 Å². The van der Waals surface area contributed by atoms with Crippen molar-refractivity contribution in [3.05, 3.63) is 88.2 Å². The van der Waals surface area contributed by atoms with E-state index in [1.54, 1.807) is 12.1 Å². The molecule has 0 amide bonds. The number of hydrogen-bond acceptors (Lipinski definition) is 3. The molecule has 29 heavy (non-hydrogen) atoms. The molecule has 3 aromatic carbocycles. The maximum absolute atomic E-state index is 15.2. The molecule has 0 unspecified atom stereocenters. The standard InChI is InChI=1S/C25H20FNO2/c1-2-3-16-6-10-20-18(14-16)7-11-22-21(20)12-13-23(24(22)26)25(28)29-19-8-4-17(15-27)5-9-19/h4-6,8-10,12-14H,2-3,7,11H2,1H3. The normalized spacial score (nSPS) is 11.9. The molecule has 1 aliphatic rings. The van der Waals surface area contributed by atoms with Crippen LogP contribution in [-0.4, -0.2) is 5.97 Å². The highest BCUT2D eigenvalue weighted by Gasteiger charge is 2.24. The summed E-state index contributed by atoms with van der Waals surface area (Å²) in [5, 5.41) is 8.84. The summed E-state index contributed by atoms with van der Waals surface area (Å²) in [6.07, 6.45) is 3.44. The lowest BCUT2D eigenvalue weighted by Crippen LogP contribution is -2.15. The highest BCUT2D eigenvalue weighted by Crippen LogP contribution is 2.36. The van der Waals surface area contributed by atoms with E-state index in [1.165, 1.54) is 29.3 Å². The molecule has 4 rings (SSSR count). The Labute approximate surface area is 169 Å². The van der Waals surface area contributed by atoms with Gasteiger partial charge in [-0.25, -0.2) is 9.18 Å². The zero-order valence-corrected chi connectivity index (χ0v) is 16.2. The van der Waals surface area contributed by atoms with Gasteiger partial charge in [-0.3, -0.25) is 0 Å². The lowest BCUT2D eigenvalue weighted by atomic mass is 9.83. The monoisotopic (exact) mass is 385 g/mol. The summed E-state index contributed by atoms with van der Waals surface area (Å²) in [4.78, 5) is 12.5. The van der Waals surface area contributed by atoms with E-state index in [1.807, 2.05) is 12.1 Å². The summed E-state index contributed by atoms with van der Waals surface area (Å²) < 4.78 is 20.5. The molecule has 144 valence electrons. The first kappa shape index (κ1) is 18.9. The van der Waals surface area contributed by atoms with Crippen LogP contribution < -0.4 is 4.74 Å². The van der Waals surface area contributed by atoms with Crippen LogP contribution in [0.2, 0.25) is 0 Å². The zero-order chi connectivity index (χ0) is 20.4. The molecule has 0 saturated carbocycles. The largest absolute Gasteiger partial charge is 0.423 e. The van der Waals surface area contributed by atoms with Gasteiger partial charge >= 0.3 is 5.97 Å². The van der Waals surface area contributed by atoms with Gasteiger partial charge in [0, 0.05) is 0 Å². The summed E-state index contributed by atoms with van der Waals surface area (Å²) in [5.41, 5.74) is 5.38. The van der Waals surface area contributed by atoms with Gasteiger partial charge in [-0.2, -0.15) is 5.26 Å². The van der Waals surface area contributed by atoms with Crippen LogP contribution in [0.15, 0.2) is 54.6 Å². The molecule has 0 radical (unpaired) electrons. The maximum atomic E-state index is 15.2. The molecule has 0 aromatic heterocycles. The Balaban J connectivity index is 1.63. The van der Waals surface area contributed by atoms with Crippen LogP contribution in [-0.2, 0) is 19.3 Å². The lowest BCUT2D eigenvalue weighted by Gasteiger charge is -2.22. The van der Waals surface area contributed by atoms with Crippen molar-refractivity contribution in [3.8, 4) is 22.9 Å². The molecule has 0 bridgehead atoms. The summed E-state index contributed by atoms with van der Waals surface area (Å²) in [6.45, 7) is 2.16. The second kappa shape index (κ2) is 7.89. The molecule has 0 spiro atoms. The van der Waals surface area contributed by atoms with Gasteiger partial charge in [-0.15, -0.1) is 0 Å². The van der Waals surface area contributed by atoms with Crippen molar-refractivity contribution in [2.75, 3.05) is 0 Å². The Bertz CT molecular complexity index is 1130. The number of halogens is 1. The van der Waals surface area contributed by atoms with Gasteiger partial charge in [-0.05, 0) is 77.4 Å². The quantitative estimate of drug-likeness (QED) is 0.432. The van der Waals surface area contributed by atoms with Gasteiger partial charge in [0.2, 0.25) is 0 Å². The minimum absolute atomic E-state index is 0.0702. The molecule has 3 nitrogen and oxygen atoms in total. The first-order chi connectivity index (χ1) is 14.1. The highest BCUT2D eigenvalue weighted by molar-refractivity contribution is 5.93. The molecule has 3 aromatic rings. The Hall–Kier alpha value is -3.45. The number of nitriles is 1. The Morgan fingerprint density at radius 3 is 2.55 bits per heavy atom. The van der Waals surface area contributed by atoms with Crippen molar-refractivity contribution in [3.63, 3.8) is 0 Å². The first-order valence-corrected chi connectivity index (χ1v) is 9.76. The van der Waals surface area contributed by atoms with E-state index < -0.39 is 11.8 Å². The van der Waals surface area contributed by atoms with E-state index in [4.69, 9.17) is 10.00 Å². The van der Waals surface area contributed by atoms with Crippen LogP contribution in [0.25, 0.3) is 11.1 Å². The number of carbonyl (C=O) groups is 1. The average molecular weight is 385 g/mol. The number of esters is 1. The van der Waals surface area contributed by atoms with E-state index in [9.17, 15) is 4.79 Å². The number of aryl methyl sites for hydroxylation is 2. The van der Waals surface area contributed by atoms with Crippen LogP contribution in [0.1, 0.15) is 46.0 Å². The predicted octanol–water partition coefficient (Wildman–Crippen LogP) is 5.63. The minimum Gasteiger partial charge on any atom is -0.423 e. The molecule has 1 aliphatic carbocycles. The highest BCUT2D eigenvalue weighted by atomic mass is 19.1. The van der Waals surface area contributed by atoms with Crippen LogP contribution >= 0.6 is 0 Å². The van der Waals surface area contributed by atoms with Crippen LogP contribution in [0.5, 0.6) is 5.75 Å². The molecule has 0 N–H and O–H groups in total. The Kier molecular flexibility index (Phi) is 5.14. The fourth-order valence-corrected chi connectivity index (χ4v) is 3.86. The number of nitrogens with zero attached hydrogens (tertiary/aromatic N) is 1. The molecular weight excluding hydrogens is 365 g/mol. The van der Waals surface area contributed by atoms with Crippen LogP contribution in [0.3, 0.4) is 0 Å². The molecule has 0 heterocycles. The van der Waals surface area contributed by atoms with Crippen molar-refractivity contribution in [2.24, 2.45) is 0 Å². The molecular formula is C25H20FNO2. The van der Waals surface area contributed by atoms with Gasteiger partial charge < -0.3 is 4.74 Å². The zero-order valence-electron chi connectivity index (χ0n) is 16.2. The third kappa shape index (κ3) is 3.64. The second-order valence-electron chi connectivity index (χ2n) is 7.22. The smallest absolute Gasteiger partial charge is 0.346 e. The van der Waals surface area contributed by atoms with Gasteiger partial charge in [0.15, 0.2) is 0 Å². The van der Waals surface area contributed by atoms with Gasteiger partial charge in [0.05, 0.1) is 17.2 Å². The molecule has 0 fully saturated rings. The Morgan fingerprint density at radius 1 is 1.07 bits per heavy atom. The fourth-order valence-electron chi connectivity index (χ4n) is 3.86.